The Morgan fingerprint density at radius 2 is 1.33 bits per heavy atom. The van der Waals surface area contributed by atoms with Gasteiger partial charge in [-0.1, -0.05) is 72.8 Å². The Labute approximate surface area is 193 Å². The summed E-state index contributed by atoms with van der Waals surface area (Å²) >= 11 is 0. The number of carbonyl (C=O) groups is 3. The molecule has 7 nitrogen and oxygen atoms in total. The second kappa shape index (κ2) is 13.3. The van der Waals surface area contributed by atoms with Crippen molar-refractivity contribution in [2.45, 2.75) is 6.54 Å². The van der Waals surface area contributed by atoms with Gasteiger partial charge in [-0.05, 0) is 17.2 Å². The molecular formula is C26H27NO6. The molecule has 0 atom stereocenters. The van der Waals surface area contributed by atoms with Crippen molar-refractivity contribution < 1.29 is 28.6 Å². The second-order valence-electron chi connectivity index (χ2n) is 6.85. The van der Waals surface area contributed by atoms with E-state index in [1.807, 2.05) is 77.7 Å². The maximum atomic E-state index is 12.5. The number of carbonyl (C=O) groups excluding carboxylic acids is 3. The molecule has 0 amide bonds. The lowest BCUT2D eigenvalue weighted by molar-refractivity contribution is -0.144. The van der Waals surface area contributed by atoms with E-state index in [1.165, 1.54) is 7.11 Å². The van der Waals surface area contributed by atoms with Gasteiger partial charge in [0.1, 0.15) is 5.57 Å². The molecule has 0 aromatic heterocycles. The molecule has 0 saturated heterocycles. The van der Waals surface area contributed by atoms with Crippen LogP contribution < -0.4 is 0 Å². The fourth-order valence-corrected chi connectivity index (χ4v) is 2.91. The first kappa shape index (κ1) is 25.1. The number of hydrogen-bond donors (Lipinski definition) is 0. The number of benzene rings is 2. The molecule has 0 fully saturated rings. The van der Waals surface area contributed by atoms with E-state index in [-0.39, 0.29) is 5.57 Å². The zero-order valence-electron chi connectivity index (χ0n) is 18.9. The van der Waals surface area contributed by atoms with E-state index in [9.17, 15) is 14.4 Å². The molecule has 0 radical (unpaired) electrons. The summed E-state index contributed by atoms with van der Waals surface area (Å²) in [6.07, 6.45) is 6.57. The van der Waals surface area contributed by atoms with Crippen LogP contribution in [0.4, 0.5) is 0 Å². The molecule has 0 unspecified atom stereocenters. The van der Waals surface area contributed by atoms with E-state index in [0.717, 1.165) is 31.4 Å². The van der Waals surface area contributed by atoms with Crippen molar-refractivity contribution in [1.82, 2.24) is 4.90 Å². The molecule has 33 heavy (non-hydrogen) atoms. The van der Waals surface area contributed by atoms with Crippen molar-refractivity contribution in [2.75, 3.05) is 27.9 Å². The average molecular weight is 450 g/mol. The summed E-state index contributed by atoms with van der Waals surface area (Å²) in [6, 6.07) is 19.5. The Kier molecular flexibility index (Phi) is 10.1. The van der Waals surface area contributed by atoms with Gasteiger partial charge in [-0.2, -0.15) is 0 Å². The van der Waals surface area contributed by atoms with Crippen LogP contribution in [0, 0.1) is 0 Å². The minimum Gasteiger partial charge on any atom is -0.465 e. The van der Waals surface area contributed by atoms with Crippen LogP contribution in [0.15, 0.2) is 90.2 Å². The maximum absolute atomic E-state index is 12.5. The highest BCUT2D eigenvalue weighted by molar-refractivity contribution is 6.15. The van der Waals surface area contributed by atoms with E-state index in [0.29, 0.717) is 13.1 Å². The number of hydrogen-bond acceptors (Lipinski definition) is 7. The van der Waals surface area contributed by atoms with Crippen LogP contribution in [0.5, 0.6) is 0 Å². The predicted octanol–water partition coefficient (Wildman–Crippen LogP) is 3.53. The van der Waals surface area contributed by atoms with E-state index in [1.54, 1.807) is 6.20 Å². The van der Waals surface area contributed by atoms with E-state index in [4.69, 9.17) is 4.74 Å². The molecule has 0 spiro atoms. The highest BCUT2D eigenvalue weighted by Crippen LogP contribution is 2.13. The third kappa shape index (κ3) is 8.14. The lowest BCUT2D eigenvalue weighted by atomic mass is 10.1. The average Bonchev–Trinajstić information content (AvgIpc) is 2.86. The summed E-state index contributed by atoms with van der Waals surface area (Å²) in [5.41, 5.74) is 1.62. The third-order valence-electron chi connectivity index (χ3n) is 4.53. The number of rotatable bonds is 10. The van der Waals surface area contributed by atoms with Crippen molar-refractivity contribution in [2.24, 2.45) is 0 Å². The number of ether oxygens (including phenoxy) is 3. The highest BCUT2D eigenvalue weighted by atomic mass is 16.5. The normalized spacial score (nSPS) is 10.9. The quantitative estimate of drug-likeness (QED) is 0.137. The molecule has 7 heteroatoms. The third-order valence-corrected chi connectivity index (χ3v) is 4.53. The molecule has 0 saturated carbocycles. The molecule has 0 N–H and O–H groups in total. The molecule has 2 aromatic carbocycles. The molecule has 0 bridgehead atoms. The Balaban J connectivity index is 2.43. The van der Waals surface area contributed by atoms with Crippen molar-refractivity contribution in [3.63, 3.8) is 0 Å². The van der Waals surface area contributed by atoms with Gasteiger partial charge in [0.05, 0.1) is 26.9 Å². The molecule has 2 aromatic rings. The first-order valence-corrected chi connectivity index (χ1v) is 10.2. The van der Waals surface area contributed by atoms with E-state index >= 15 is 0 Å². The van der Waals surface area contributed by atoms with Crippen molar-refractivity contribution >= 4 is 24.0 Å². The SMILES string of the molecule is COC(=O)C(=CN(C/C=C/c1ccccc1)Cc1ccccc1)C=C(C(=O)OC)C(=O)OC. The number of methoxy groups -OCH3 is 3. The minimum atomic E-state index is -0.921. The lowest BCUT2D eigenvalue weighted by Crippen LogP contribution is -2.21. The fourth-order valence-electron chi connectivity index (χ4n) is 2.91. The van der Waals surface area contributed by atoms with Gasteiger partial charge < -0.3 is 19.1 Å². The van der Waals surface area contributed by atoms with Gasteiger partial charge in [-0.25, -0.2) is 14.4 Å². The zero-order chi connectivity index (χ0) is 24.1. The highest BCUT2D eigenvalue weighted by Gasteiger charge is 2.22. The first-order chi connectivity index (χ1) is 16.0. The zero-order valence-corrected chi connectivity index (χ0v) is 18.9. The van der Waals surface area contributed by atoms with Crippen molar-refractivity contribution in [3.8, 4) is 0 Å². The van der Waals surface area contributed by atoms with Crippen LogP contribution in [-0.4, -0.2) is 50.7 Å². The summed E-state index contributed by atoms with van der Waals surface area (Å²) in [5, 5.41) is 0. The summed E-state index contributed by atoms with van der Waals surface area (Å²) < 4.78 is 14.2. The lowest BCUT2D eigenvalue weighted by Gasteiger charge is -2.20. The predicted molar refractivity (Wildman–Crippen MR) is 125 cm³/mol. The molecule has 0 aliphatic heterocycles. The van der Waals surface area contributed by atoms with Gasteiger partial charge in [0.25, 0.3) is 0 Å². The monoisotopic (exact) mass is 449 g/mol. The molecule has 2 rings (SSSR count). The molecular weight excluding hydrogens is 422 g/mol. The van der Waals surface area contributed by atoms with Crippen LogP contribution in [0.3, 0.4) is 0 Å². The number of esters is 3. The largest absolute Gasteiger partial charge is 0.465 e. The standard InChI is InChI=1S/C26H27NO6/c1-31-24(28)22(17-23(25(29)32-2)26(30)33-3)19-27(18-21-13-8-5-9-14-21)16-10-15-20-11-6-4-7-12-20/h4-15,17,19H,16,18H2,1-3H3/b15-10+,22-19?. The molecule has 0 aliphatic rings. The minimum absolute atomic E-state index is 0.00709. The Morgan fingerprint density at radius 3 is 1.88 bits per heavy atom. The topological polar surface area (TPSA) is 82.1 Å². The van der Waals surface area contributed by atoms with E-state index < -0.39 is 23.5 Å². The van der Waals surface area contributed by atoms with Crippen molar-refractivity contribution in [3.05, 3.63) is 101 Å². The Bertz CT molecular complexity index is 1010. The summed E-state index contributed by atoms with van der Waals surface area (Å²) in [5.74, 6) is -2.56. The van der Waals surface area contributed by atoms with Gasteiger partial charge >= 0.3 is 17.9 Å². The summed E-state index contributed by atoms with van der Waals surface area (Å²) in [4.78, 5) is 38.5. The molecule has 172 valence electrons. The van der Waals surface area contributed by atoms with Gasteiger partial charge in [-0.3, -0.25) is 0 Å². The first-order valence-electron chi connectivity index (χ1n) is 10.2. The van der Waals surface area contributed by atoms with E-state index in [2.05, 4.69) is 9.47 Å². The van der Waals surface area contributed by atoms with Crippen LogP contribution in [0.2, 0.25) is 0 Å². The summed E-state index contributed by atoms with van der Waals surface area (Å²) in [6.45, 7) is 0.921. The van der Waals surface area contributed by atoms with Gasteiger partial charge in [0.15, 0.2) is 0 Å². The maximum Gasteiger partial charge on any atom is 0.345 e. The second-order valence-corrected chi connectivity index (χ2v) is 6.85. The van der Waals surface area contributed by atoms with Crippen LogP contribution in [0.1, 0.15) is 11.1 Å². The van der Waals surface area contributed by atoms with Gasteiger partial charge in [0, 0.05) is 19.3 Å². The fraction of sp³-hybridized carbons (Fsp3) is 0.192. The van der Waals surface area contributed by atoms with Crippen LogP contribution in [0.25, 0.3) is 6.08 Å². The van der Waals surface area contributed by atoms with Crippen LogP contribution >= 0.6 is 0 Å². The van der Waals surface area contributed by atoms with Crippen LogP contribution in [-0.2, 0) is 35.1 Å². The van der Waals surface area contributed by atoms with Crippen molar-refractivity contribution in [1.29, 1.82) is 0 Å². The molecule has 0 heterocycles. The number of nitrogens with zero attached hydrogens (tertiary/aromatic N) is 1. The van der Waals surface area contributed by atoms with Gasteiger partial charge in [0.2, 0.25) is 0 Å². The van der Waals surface area contributed by atoms with Gasteiger partial charge in [-0.15, -0.1) is 0 Å². The molecule has 0 aliphatic carbocycles. The smallest absolute Gasteiger partial charge is 0.345 e. The Morgan fingerprint density at radius 1 is 0.788 bits per heavy atom. The Hall–Kier alpha value is -4.13. The summed E-state index contributed by atoms with van der Waals surface area (Å²) in [7, 11) is 3.49.